The molecule has 0 N–H and O–H groups in total. The molecular weight excluding hydrogens is 368 g/mol. The van der Waals surface area contributed by atoms with Crippen molar-refractivity contribution in [2.75, 3.05) is 29.6 Å². The maximum Gasteiger partial charge on any atom is 0.271 e. The van der Waals surface area contributed by atoms with Crippen molar-refractivity contribution in [2.45, 2.75) is 20.5 Å². The highest BCUT2D eigenvalue weighted by Crippen LogP contribution is 2.16. The lowest BCUT2D eigenvalue weighted by Gasteiger charge is -2.25. The highest BCUT2D eigenvalue weighted by atomic mass is 32.1. The van der Waals surface area contributed by atoms with E-state index in [9.17, 15) is 4.79 Å². The van der Waals surface area contributed by atoms with E-state index in [-0.39, 0.29) is 5.56 Å². The first-order valence-corrected chi connectivity index (χ1v) is 10.4. The lowest BCUT2D eigenvalue weighted by Crippen LogP contribution is -2.42. The van der Waals surface area contributed by atoms with E-state index >= 15 is 0 Å². The van der Waals surface area contributed by atoms with Crippen LogP contribution >= 0.6 is 11.3 Å². The van der Waals surface area contributed by atoms with Gasteiger partial charge >= 0.3 is 0 Å². The van der Waals surface area contributed by atoms with E-state index in [1.807, 2.05) is 36.4 Å². The van der Waals surface area contributed by atoms with E-state index in [4.69, 9.17) is 0 Å². The molecular formula is C22H24N4OS. The molecule has 0 radical (unpaired) electrons. The van der Waals surface area contributed by atoms with Crippen LogP contribution in [0.1, 0.15) is 19.4 Å². The zero-order chi connectivity index (χ0) is 19.5. The van der Waals surface area contributed by atoms with Gasteiger partial charge < -0.3 is 9.80 Å². The van der Waals surface area contributed by atoms with Gasteiger partial charge in [-0.1, -0.05) is 41.7 Å². The molecule has 6 heteroatoms. The first-order chi connectivity index (χ1) is 13.7. The second-order valence-electron chi connectivity index (χ2n) is 6.71. The molecule has 0 spiro atoms. The van der Waals surface area contributed by atoms with Crippen LogP contribution in [0.25, 0.3) is 6.08 Å². The summed E-state index contributed by atoms with van der Waals surface area (Å²) in [6.45, 7) is 7.39. The van der Waals surface area contributed by atoms with Gasteiger partial charge in [-0.15, -0.1) is 0 Å². The SMILES string of the molecule is CCN(CC)c1ccc(C=c2sc3n(c2=O)CN(c2ccccc2)CN=3)cc1. The largest absolute Gasteiger partial charge is 0.372 e. The zero-order valence-corrected chi connectivity index (χ0v) is 17.0. The molecule has 5 nitrogen and oxygen atoms in total. The number of hydrogen-bond acceptors (Lipinski definition) is 5. The molecule has 144 valence electrons. The maximum atomic E-state index is 12.9. The van der Waals surface area contributed by atoms with E-state index in [2.05, 4.69) is 52.9 Å². The van der Waals surface area contributed by atoms with E-state index in [0.29, 0.717) is 13.3 Å². The van der Waals surface area contributed by atoms with Crippen molar-refractivity contribution in [3.8, 4) is 0 Å². The van der Waals surface area contributed by atoms with Gasteiger partial charge in [0.05, 0.1) is 4.53 Å². The summed E-state index contributed by atoms with van der Waals surface area (Å²) in [6, 6.07) is 18.5. The van der Waals surface area contributed by atoms with Crippen molar-refractivity contribution in [1.29, 1.82) is 0 Å². The predicted octanol–water partition coefficient (Wildman–Crippen LogP) is 2.64. The van der Waals surface area contributed by atoms with Crippen LogP contribution in [0.3, 0.4) is 0 Å². The lowest BCUT2D eigenvalue weighted by molar-refractivity contribution is 0.569. The lowest BCUT2D eigenvalue weighted by atomic mass is 10.2. The van der Waals surface area contributed by atoms with Gasteiger partial charge in [0.2, 0.25) is 0 Å². The van der Waals surface area contributed by atoms with Crippen LogP contribution in [-0.4, -0.2) is 24.3 Å². The van der Waals surface area contributed by atoms with E-state index in [1.165, 1.54) is 17.0 Å². The van der Waals surface area contributed by atoms with E-state index in [0.717, 1.165) is 33.7 Å². The number of para-hydroxylation sites is 1. The molecule has 0 bridgehead atoms. The molecule has 3 aromatic rings. The van der Waals surface area contributed by atoms with Gasteiger partial charge in [-0.25, -0.2) is 4.99 Å². The average molecular weight is 393 g/mol. The van der Waals surface area contributed by atoms with Crippen molar-refractivity contribution in [3.05, 3.63) is 79.8 Å². The second kappa shape index (κ2) is 8.02. The highest BCUT2D eigenvalue weighted by Gasteiger charge is 2.15. The number of benzene rings is 2. The maximum absolute atomic E-state index is 12.9. The molecule has 0 aliphatic carbocycles. The van der Waals surface area contributed by atoms with Gasteiger partial charge in [-0.05, 0) is 49.8 Å². The molecule has 0 saturated heterocycles. The number of nitrogens with zero attached hydrogens (tertiary/aromatic N) is 4. The molecule has 28 heavy (non-hydrogen) atoms. The Hall–Kier alpha value is -2.86. The Morgan fingerprint density at radius 2 is 1.79 bits per heavy atom. The monoisotopic (exact) mass is 392 g/mol. The summed E-state index contributed by atoms with van der Waals surface area (Å²) in [5.74, 6) is 0. The fourth-order valence-corrected chi connectivity index (χ4v) is 4.40. The molecule has 0 atom stereocenters. The Morgan fingerprint density at radius 1 is 1.07 bits per heavy atom. The summed E-state index contributed by atoms with van der Waals surface area (Å²) in [6.07, 6.45) is 1.96. The molecule has 1 aliphatic rings. The van der Waals surface area contributed by atoms with Crippen LogP contribution in [-0.2, 0) is 6.67 Å². The number of aromatic nitrogens is 1. The van der Waals surface area contributed by atoms with Gasteiger partial charge in [-0.2, -0.15) is 0 Å². The van der Waals surface area contributed by atoms with Crippen LogP contribution < -0.4 is 24.7 Å². The fourth-order valence-electron chi connectivity index (χ4n) is 3.44. The quantitative estimate of drug-likeness (QED) is 0.670. The van der Waals surface area contributed by atoms with Gasteiger partial charge in [0.15, 0.2) is 4.80 Å². The molecule has 0 amide bonds. The summed E-state index contributed by atoms with van der Waals surface area (Å²) < 4.78 is 2.49. The van der Waals surface area contributed by atoms with Crippen LogP contribution in [0.2, 0.25) is 0 Å². The Labute approximate surface area is 168 Å². The van der Waals surface area contributed by atoms with Gasteiger partial charge in [0.1, 0.15) is 13.3 Å². The fraction of sp³-hybridized carbons (Fsp3) is 0.273. The third-order valence-corrected chi connectivity index (χ3v) is 6.06. The van der Waals surface area contributed by atoms with Crippen molar-refractivity contribution in [1.82, 2.24) is 4.57 Å². The van der Waals surface area contributed by atoms with Crippen LogP contribution in [0.4, 0.5) is 11.4 Å². The Balaban J connectivity index is 1.63. The number of fused-ring (bicyclic) bond motifs is 1. The predicted molar refractivity (Wildman–Crippen MR) is 117 cm³/mol. The molecule has 0 saturated carbocycles. The smallest absolute Gasteiger partial charge is 0.271 e. The standard InChI is InChI=1S/C22H24N4OS/c1-3-24(4-2)19-12-10-17(11-13-19)14-20-21(27)26-16-25(15-23-22(26)28-20)18-8-6-5-7-9-18/h5-14H,3-4,15-16H2,1-2H3. The number of hydrogen-bond donors (Lipinski definition) is 0. The summed E-state index contributed by atoms with van der Waals surface area (Å²) in [4.78, 5) is 22.7. The normalized spacial score (nSPS) is 13.9. The Morgan fingerprint density at radius 3 is 2.46 bits per heavy atom. The Bertz CT molecular complexity index is 1110. The minimum absolute atomic E-state index is 0.0252. The van der Waals surface area contributed by atoms with Crippen molar-refractivity contribution >= 4 is 28.8 Å². The van der Waals surface area contributed by atoms with Crippen molar-refractivity contribution < 1.29 is 0 Å². The third-order valence-electron chi connectivity index (χ3n) is 5.02. The molecule has 0 fully saturated rings. The van der Waals surface area contributed by atoms with Crippen molar-refractivity contribution in [2.24, 2.45) is 4.99 Å². The third kappa shape index (κ3) is 3.60. The summed E-state index contributed by atoms with van der Waals surface area (Å²) >= 11 is 1.46. The first-order valence-electron chi connectivity index (χ1n) is 9.60. The zero-order valence-electron chi connectivity index (χ0n) is 16.2. The van der Waals surface area contributed by atoms with Crippen LogP contribution in [0.5, 0.6) is 0 Å². The van der Waals surface area contributed by atoms with Crippen LogP contribution in [0.15, 0.2) is 64.4 Å². The number of anilines is 2. The second-order valence-corrected chi connectivity index (χ2v) is 7.72. The van der Waals surface area contributed by atoms with Gasteiger partial charge in [0, 0.05) is 24.5 Å². The highest BCUT2D eigenvalue weighted by molar-refractivity contribution is 7.07. The van der Waals surface area contributed by atoms with Gasteiger partial charge in [0.25, 0.3) is 5.56 Å². The summed E-state index contributed by atoms with van der Waals surface area (Å²) in [5, 5.41) is 0. The number of thiazole rings is 1. The Kier molecular flexibility index (Phi) is 5.30. The van der Waals surface area contributed by atoms with E-state index < -0.39 is 0 Å². The minimum Gasteiger partial charge on any atom is -0.372 e. The summed E-state index contributed by atoms with van der Waals surface area (Å²) in [7, 11) is 0. The summed E-state index contributed by atoms with van der Waals surface area (Å²) in [5.41, 5.74) is 3.34. The van der Waals surface area contributed by atoms with Gasteiger partial charge in [-0.3, -0.25) is 9.36 Å². The topological polar surface area (TPSA) is 40.8 Å². The number of rotatable bonds is 5. The molecule has 4 rings (SSSR count). The van der Waals surface area contributed by atoms with Crippen molar-refractivity contribution in [3.63, 3.8) is 0 Å². The average Bonchev–Trinajstić information content (AvgIpc) is 3.05. The molecule has 0 unspecified atom stereocenters. The molecule has 2 aromatic carbocycles. The first kappa shape index (κ1) is 18.5. The molecule has 2 heterocycles. The minimum atomic E-state index is 0.0252. The molecule has 1 aliphatic heterocycles. The molecule has 1 aromatic heterocycles. The van der Waals surface area contributed by atoms with E-state index in [1.54, 1.807) is 4.57 Å². The van der Waals surface area contributed by atoms with Crippen LogP contribution in [0, 0.1) is 0 Å².